The predicted octanol–water partition coefficient (Wildman–Crippen LogP) is 6.99. The first-order valence-corrected chi connectivity index (χ1v) is 16.0. The van der Waals surface area contributed by atoms with Gasteiger partial charge in [0.2, 0.25) is 0 Å². The second-order valence-electron chi connectivity index (χ2n) is 11.3. The Bertz CT molecular complexity index is 1340. The first-order valence-electron chi connectivity index (χ1n) is 15.2. The number of fused-ring (bicyclic) bond motifs is 1. The zero-order valence-corrected chi connectivity index (χ0v) is 26.4. The van der Waals surface area contributed by atoms with Crippen molar-refractivity contribution in [1.29, 1.82) is 5.26 Å². The molecular weight excluding hydrogens is 558 g/mol. The molecule has 5 rings (SSSR count). The molecule has 1 saturated heterocycles. The van der Waals surface area contributed by atoms with Crippen LogP contribution in [0.5, 0.6) is 11.5 Å². The second kappa shape index (κ2) is 15.5. The third-order valence-corrected chi connectivity index (χ3v) is 9.51. The Hall–Kier alpha value is -3.22. The van der Waals surface area contributed by atoms with Crippen LogP contribution in [0.1, 0.15) is 48.3 Å². The summed E-state index contributed by atoms with van der Waals surface area (Å²) in [6.07, 6.45) is 3.24. The van der Waals surface area contributed by atoms with Gasteiger partial charge in [0.1, 0.15) is 18.1 Å². The Morgan fingerprint density at radius 3 is 2.60 bits per heavy atom. The maximum Gasteiger partial charge on any atom is 0.142 e. The summed E-state index contributed by atoms with van der Waals surface area (Å²) in [5, 5.41) is 9.44. The van der Waals surface area contributed by atoms with Crippen LogP contribution in [-0.4, -0.2) is 63.5 Å². The number of hydrogen-bond donors (Lipinski definition) is 0. The van der Waals surface area contributed by atoms with E-state index in [1.54, 1.807) is 26.2 Å². The van der Waals surface area contributed by atoms with Crippen molar-refractivity contribution in [3.05, 3.63) is 83.4 Å². The average Bonchev–Trinajstić information content (AvgIpc) is 3.04. The number of rotatable bonds is 13. The zero-order valence-electron chi connectivity index (χ0n) is 25.5. The lowest BCUT2D eigenvalue weighted by Crippen LogP contribution is -2.46. The number of anilines is 1. The van der Waals surface area contributed by atoms with E-state index in [1.165, 1.54) is 16.0 Å². The number of benzene rings is 3. The van der Waals surface area contributed by atoms with Crippen LogP contribution < -0.4 is 14.4 Å². The SMILES string of the molecule is COCCCN1CCOc2ccc(CO[C@H]3CN(Sc4ccc(C)cc4)[C@@H](CCC#N)C[C@@H]3c3ccc(OC)cc3)cc21. The minimum Gasteiger partial charge on any atom is -0.497 e. The molecule has 0 radical (unpaired) electrons. The molecule has 3 aromatic carbocycles. The number of hydrogen-bond acceptors (Lipinski definition) is 8. The Balaban J connectivity index is 1.37. The van der Waals surface area contributed by atoms with Crippen LogP contribution in [0.4, 0.5) is 5.69 Å². The summed E-state index contributed by atoms with van der Waals surface area (Å²) in [6.45, 7) is 6.65. The van der Waals surface area contributed by atoms with E-state index in [9.17, 15) is 5.26 Å². The Morgan fingerprint density at radius 2 is 1.86 bits per heavy atom. The van der Waals surface area contributed by atoms with Gasteiger partial charge in [0.25, 0.3) is 0 Å². The molecule has 0 unspecified atom stereocenters. The zero-order chi connectivity index (χ0) is 30.0. The van der Waals surface area contributed by atoms with Crippen LogP contribution in [0.15, 0.2) is 71.6 Å². The maximum atomic E-state index is 9.44. The fourth-order valence-corrected chi connectivity index (χ4v) is 7.06. The third kappa shape index (κ3) is 8.24. The van der Waals surface area contributed by atoms with Crippen LogP contribution >= 0.6 is 11.9 Å². The molecule has 7 nitrogen and oxygen atoms in total. The Morgan fingerprint density at radius 1 is 1.05 bits per heavy atom. The molecule has 3 atom stereocenters. The smallest absolute Gasteiger partial charge is 0.142 e. The molecule has 2 heterocycles. The molecular formula is C35H43N3O4S. The maximum absolute atomic E-state index is 9.44. The van der Waals surface area contributed by atoms with Crippen molar-refractivity contribution >= 4 is 17.6 Å². The molecule has 0 aromatic heterocycles. The van der Waals surface area contributed by atoms with E-state index < -0.39 is 0 Å². The number of ether oxygens (including phenoxy) is 4. The van der Waals surface area contributed by atoms with Crippen LogP contribution in [0, 0.1) is 18.3 Å². The van der Waals surface area contributed by atoms with Gasteiger partial charge in [-0.05, 0) is 85.7 Å². The number of methoxy groups -OCH3 is 2. The molecule has 228 valence electrons. The summed E-state index contributed by atoms with van der Waals surface area (Å²) in [7, 11) is 3.45. The van der Waals surface area contributed by atoms with E-state index in [1.807, 2.05) is 12.1 Å². The summed E-state index contributed by atoms with van der Waals surface area (Å²) < 4.78 is 26.0. The minimum atomic E-state index is -0.0187. The standard InChI is InChI=1S/C35H43N3O4S/c1-26-7-14-31(15-8-26)43-38-24-35(32(23-29(38)6-4-17-36)28-10-12-30(40-3)13-11-28)42-25-27-9-16-34-33(22-27)37(19-21-41-34)18-5-20-39-2/h7-16,22,29,32,35H,4-6,18-21,23-25H2,1-3H3/t29-,32+,35-/m0/s1. The monoisotopic (exact) mass is 601 g/mol. The number of piperidine rings is 1. The average molecular weight is 602 g/mol. The topological polar surface area (TPSA) is 67.2 Å². The lowest BCUT2D eigenvalue weighted by atomic mass is 9.83. The molecule has 0 saturated carbocycles. The van der Waals surface area contributed by atoms with Crippen molar-refractivity contribution < 1.29 is 18.9 Å². The van der Waals surface area contributed by atoms with Gasteiger partial charge in [-0.2, -0.15) is 5.26 Å². The highest BCUT2D eigenvalue weighted by molar-refractivity contribution is 7.97. The van der Waals surface area contributed by atoms with Gasteiger partial charge in [-0.15, -0.1) is 0 Å². The number of aryl methyl sites for hydroxylation is 1. The van der Waals surface area contributed by atoms with E-state index >= 15 is 0 Å². The van der Waals surface area contributed by atoms with Crippen LogP contribution in [0.25, 0.3) is 0 Å². The van der Waals surface area contributed by atoms with E-state index in [-0.39, 0.29) is 18.1 Å². The molecule has 2 aliphatic rings. The van der Waals surface area contributed by atoms with Crippen molar-refractivity contribution in [1.82, 2.24) is 4.31 Å². The lowest BCUT2D eigenvalue weighted by molar-refractivity contribution is -0.0182. The van der Waals surface area contributed by atoms with Crippen molar-refractivity contribution in [2.75, 3.05) is 52.0 Å². The Kier molecular flexibility index (Phi) is 11.2. The van der Waals surface area contributed by atoms with Gasteiger partial charge >= 0.3 is 0 Å². The molecule has 0 spiro atoms. The van der Waals surface area contributed by atoms with E-state index in [2.05, 4.69) is 76.8 Å². The van der Waals surface area contributed by atoms with Gasteiger partial charge < -0.3 is 23.8 Å². The number of nitriles is 1. The largest absolute Gasteiger partial charge is 0.497 e. The van der Waals surface area contributed by atoms with Gasteiger partial charge in [0.15, 0.2) is 0 Å². The quantitative estimate of drug-likeness (QED) is 0.153. The summed E-state index contributed by atoms with van der Waals surface area (Å²) in [5.41, 5.74) is 4.76. The number of nitrogens with zero attached hydrogens (tertiary/aromatic N) is 3. The Labute approximate surface area is 260 Å². The summed E-state index contributed by atoms with van der Waals surface area (Å²) in [6, 6.07) is 26.1. The second-order valence-corrected chi connectivity index (χ2v) is 12.4. The van der Waals surface area contributed by atoms with Crippen molar-refractivity contribution in [3.8, 4) is 17.6 Å². The molecule has 43 heavy (non-hydrogen) atoms. The molecule has 3 aromatic rings. The molecule has 0 N–H and O–H groups in total. The first kappa shape index (κ1) is 31.2. The van der Waals surface area contributed by atoms with Gasteiger partial charge in [-0.3, -0.25) is 0 Å². The van der Waals surface area contributed by atoms with Crippen LogP contribution in [-0.2, 0) is 16.1 Å². The van der Waals surface area contributed by atoms with Crippen molar-refractivity contribution in [3.63, 3.8) is 0 Å². The highest BCUT2D eigenvalue weighted by Crippen LogP contribution is 2.41. The molecule has 1 fully saturated rings. The van der Waals surface area contributed by atoms with E-state index in [0.717, 1.165) is 68.3 Å². The van der Waals surface area contributed by atoms with Gasteiger partial charge in [0, 0.05) is 50.1 Å². The fraction of sp³-hybridized carbons (Fsp3) is 0.457. The highest BCUT2D eigenvalue weighted by atomic mass is 32.2. The van der Waals surface area contributed by atoms with Crippen molar-refractivity contribution in [2.45, 2.75) is 62.2 Å². The molecule has 0 aliphatic carbocycles. The normalized spacial score (nSPS) is 20.2. The van der Waals surface area contributed by atoms with E-state index in [0.29, 0.717) is 19.6 Å². The van der Waals surface area contributed by atoms with Gasteiger partial charge in [-0.25, -0.2) is 4.31 Å². The minimum absolute atomic E-state index is 0.0187. The van der Waals surface area contributed by atoms with Gasteiger partial charge in [-0.1, -0.05) is 35.9 Å². The molecule has 2 aliphatic heterocycles. The molecule has 0 bridgehead atoms. The molecule has 0 amide bonds. The lowest BCUT2D eigenvalue weighted by Gasteiger charge is -2.43. The highest BCUT2D eigenvalue weighted by Gasteiger charge is 2.37. The summed E-state index contributed by atoms with van der Waals surface area (Å²) in [5.74, 6) is 1.99. The van der Waals surface area contributed by atoms with Gasteiger partial charge in [0.05, 0.1) is 38.1 Å². The predicted molar refractivity (Wildman–Crippen MR) is 172 cm³/mol. The van der Waals surface area contributed by atoms with Crippen molar-refractivity contribution in [2.24, 2.45) is 0 Å². The van der Waals surface area contributed by atoms with Crippen LogP contribution in [0.2, 0.25) is 0 Å². The third-order valence-electron chi connectivity index (χ3n) is 8.34. The fourth-order valence-electron chi connectivity index (χ4n) is 5.97. The molecule has 8 heteroatoms. The van der Waals surface area contributed by atoms with E-state index in [4.69, 9.17) is 18.9 Å². The summed E-state index contributed by atoms with van der Waals surface area (Å²) in [4.78, 5) is 3.60. The van der Waals surface area contributed by atoms with Crippen LogP contribution in [0.3, 0.4) is 0 Å². The first-order chi connectivity index (χ1) is 21.1. The summed E-state index contributed by atoms with van der Waals surface area (Å²) >= 11 is 1.78.